The number of allylic oxidation sites excluding steroid dienone is 1. The molecule has 1 rings (SSSR count). The first kappa shape index (κ1) is 8.28. The molecule has 0 aliphatic carbocycles. The van der Waals surface area contributed by atoms with Gasteiger partial charge in [-0.3, -0.25) is 0 Å². The number of nitrogens with zero attached hydrogens (tertiary/aromatic N) is 2. The summed E-state index contributed by atoms with van der Waals surface area (Å²) in [5, 5.41) is 0. The van der Waals surface area contributed by atoms with Crippen molar-refractivity contribution in [2.45, 2.75) is 6.92 Å². The largest absolute Gasteiger partial charge is 0.364 e. The van der Waals surface area contributed by atoms with E-state index in [1.807, 2.05) is 6.92 Å². The van der Waals surface area contributed by atoms with Gasteiger partial charge in [0.2, 0.25) is 5.82 Å². The van der Waals surface area contributed by atoms with Crippen molar-refractivity contribution in [1.29, 1.82) is 0 Å². The third kappa shape index (κ3) is 1.43. The molecule has 0 fully saturated rings. The van der Waals surface area contributed by atoms with Gasteiger partial charge in [0.1, 0.15) is 0 Å². The predicted molar refractivity (Wildman–Crippen MR) is 49.6 cm³/mol. The van der Waals surface area contributed by atoms with Crippen LogP contribution in [0, 0.1) is 6.57 Å². The van der Waals surface area contributed by atoms with Crippen LogP contribution in [0.15, 0.2) is 18.7 Å². The highest BCUT2D eigenvalue weighted by molar-refractivity contribution is 5.72. The molecule has 1 aromatic heterocycles. The van der Waals surface area contributed by atoms with Crippen molar-refractivity contribution in [3.63, 3.8) is 0 Å². The quantitative estimate of drug-likeness (QED) is 0.638. The lowest BCUT2D eigenvalue weighted by Gasteiger charge is -2.00. The second kappa shape index (κ2) is 3.05. The third-order valence-electron chi connectivity index (χ3n) is 1.46. The topological polar surface area (TPSA) is 43.3 Å². The van der Waals surface area contributed by atoms with Gasteiger partial charge in [0, 0.05) is 11.6 Å². The third-order valence-corrected chi connectivity index (χ3v) is 1.46. The van der Waals surface area contributed by atoms with E-state index in [2.05, 4.69) is 16.4 Å². The van der Waals surface area contributed by atoms with Gasteiger partial charge in [0.25, 0.3) is 5.82 Å². The van der Waals surface area contributed by atoms with Crippen molar-refractivity contribution in [1.82, 2.24) is 4.98 Å². The molecule has 2 N–H and O–H groups in total. The maximum atomic E-state index is 6.84. The normalized spacial score (nSPS) is 9.00. The van der Waals surface area contributed by atoms with E-state index in [-0.39, 0.29) is 0 Å². The van der Waals surface area contributed by atoms with Crippen LogP contribution in [-0.4, -0.2) is 4.98 Å². The summed E-state index contributed by atoms with van der Waals surface area (Å²) in [6, 6.07) is 3.43. The highest BCUT2D eigenvalue weighted by Crippen LogP contribution is 2.23. The van der Waals surface area contributed by atoms with Crippen molar-refractivity contribution >= 4 is 17.2 Å². The first-order chi connectivity index (χ1) is 5.65. The van der Waals surface area contributed by atoms with Gasteiger partial charge in [-0.05, 0) is 6.92 Å². The number of anilines is 1. The molecule has 0 spiro atoms. The molecule has 0 radical (unpaired) electrons. The highest BCUT2D eigenvalue weighted by atomic mass is 14.9. The van der Waals surface area contributed by atoms with Crippen LogP contribution in [0.1, 0.15) is 12.5 Å². The van der Waals surface area contributed by atoms with Crippen molar-refractivity contribution in [2.75, 3.05) is 5.73 Å². The SMILES string of the molecule is [C-]#[N+]c1nc(N)ccc1C(=C)C. The van der Waals surface area contributed by atoms with Gasteiger partial charge < -0.3 is 10.6 Å². The summed E-state index contributed by atoms with van der Waals surface area (Å²) in [6.07, 6.45) is 0. The average Bonchev–Trinajstić information content (AvgIpc) is 2.03. The molecule has 0 saturated carbocycles. The Morgan fingerprint density at radius 3 is 2.83 bits per heavy atom. The molecule has 0 saturated heterocycles. The average molecular weight is 159 g/mol. The van der Waals surface area contributed by atoms with Gasteiger partial charge in [-0.15, -0.1) is 4.98 Å². The second-order valence-electron chi connectivity index (χ2n) is 2.50. The van der Waals surface area contributed by atoms with Crippen molar-refractivity contribution < 1.29 is 0 Å². The van der Waals surface area contributed by atoms with E-state index < -0.39 is 0 Å². The van der Waals surface area contributed by atoms with Crippen molar-refractivity contribution in [2.24, 2.45) is 0 Å². The van der Waals surface area contributed by atoms with Crippen molar-refractivity contribution in [3.8, 4) is 0 Å². The molecule has 3 nitrogen and oxygen atoms in total. The van der Waals surface area contributed by atoms with Gasteiger partial charge in [0.15, 0.2) is 0 Å². The summed E-state index contributed by atoms with van der Waals surface area (Å²) in [5.41, 5.74) is 7.01. The Labute approximate surface area is 71.4 Å². The fraction of sp³-hybridized carbons (Fsp3) is 0.111. The van der Waals surface area contributed by atoms with Crippen molar-refractivity contribution in [3.05, 3.63) is 35.7 Å². The molecule has 0 aromatic carbocycles. The van der Waals surface area contributed by atoms with Crippen LogP contribution < -0.4 is 5.73 Å². The minimum absolute atomic E-state index is 0.322. The summed E-state index contributed by atoms with van der Waals surface area (Å²) in [5.74, 6) is 0.688. The van der Waals surface area contributed by atoms with E-state index >= 15 is 0 Å². The Morgan fingerprint density at radius 2 is 2.33 bits per heavy atom. The number of aromatic nitrogens is 1. The summed E-state index contributed by atoms with van der Waals surface area (Å²) in [7, 11) is 0. The fourth-order valence-electron chi connectivity index (χ4n) is 0.881. The lowest BCUT2D eigenvalue weighted by molar-refractivity contribution is 1.34. The number of nitrogens with two attached hydrogens (primary N) is 1. The lowest BCUT2D eigenvalue weighted by atomic mass is 10.1. The number of hydrogen-bond donors (Lipinski definition) is 1. The first-order valence-corrected chi connectivity index (χ1v) is 3.45. The molecule has 0 atom stereocenters. The Morgan fingerprint density at radius 1 is 1.67 bits per heavy atom. The zero-order chi connectivity index (χ0) is 9.14. The molecule has 1 heterocycles. The van der Waals surface area contributed by atoms with Crippen LogP contribution in [-0.2, 0) is 0 Å². The van der Waals surface area contributed by atoms with Gasteiger partial charge >= 0.3 is 0 Å². The Kier molecular flexibility index (Phi) is 2.11. The van der Waals surface area contributed by atoms with E-state index in [1.54, 1.807) is 12.1 Å². The lowest BCUT2D eigenvalue weighted by Crippen LogP contribution is -1.90. The molecule has 3 heteroatoms. The van der Waals surface area contributed by atoms with E-state index in [4.69, 9.17) is 12.3 Å². The molecule has 12 heavy (non-hydrogen) atoms. The molecule has 1 aromatic rings. The Balaban J connectivity index is 3.32. The Hall–Kier alpha value is -1.82. The smallest absolute Gasteiger partial charge is 0.279 e. The predicted octanol–water partition coefficient (Wildman–Crippen LogP) is 2.25. The number of hydrogen-bond acceptors (Lipinski definition) is 2. The first-order valence-electron chi connectivity index (χ1n) is 3.45. The van der Waals surface area contributed by atoms with Crippen LogP contribution in [0.2, 0.25) is 0 Å². The zero-order valence-corrected chi connectivity index (χ0v) is 6.83. The zero-order valence-electron chi connectivity index (χ0n) is 6.83. The molecule has 0 aliphatic heterocycles. The maximum absolute atomic E-state index is 6.84. The van der Waals surface area contributed by atoms with Crippen LogP contribution in [0.25, 0.3) is 10.4 Å². The van der Waals surface area contributed by atoms with E-state index in [9.17, 15) is 0 Å². The van der Waals surface area contributed by atoms with Gasteiger partial charge in [0.05, 0.1) is 0 Å². The second-order valence-corrected chi connectivity index (χ2v) is 2.50. The van der Waals surface area contributed by atoms with E-state index in [0.29, 0.717) is 11.6 Å². The molecule has 60 valence electrons. The standard InChI is InChI=1S/C9H9N3/c1-6(2)7-4-5-8(10)12-9(7)11-3/h4-5H,1H2,2H3,(H2,10,12). The van der Waals surface area contributed by atoms with Crippen LogP contribution in [0.5, 0.6) is 0 Å². The maximum Gasteiger partial charge on any atom is 0.279 e. The summed E-state index contributed by atoms with van der Waals surface area (Å²) < 4.78 is 0. The van der Waals surface area contributed by atoms with Gasteiger partial charge in [-0.25, -0.2) is 0 Å². The molecule has 0 aliphatic rings. The minimum atomic E-state index is 0.322. The number of nitrogen functional groups attached to an aromatic ring is 1. The molecule has 0 bridgehead atoms. The summed E-state index contributed by atoms with van der Waals surface area (Å²) >= 11 is 0. The monoisotopic (exact) mass is 159 g/mol. The summed E-state index contributed by atoms with van der Waals surface area (Å²) in [6.45, 7) is 12.4. The Bertz CT molecular complexity index is 361. The molecule has 0 unspecified atom stereocenters. The van der Waals surface area contributed by atoms with Gasteiger partial charge in [-0.1, -0.05) is 24.8 Å². The molecular formula is C9H9N3. The van der Waals surface area contributed by atoms with E-state index in [0.717, 1.165) is 11.1 Å². The fourth-order valence-corrected chi connectivity index (χ4v) is 0.881. The molecular weight excluding hydrogens is 150 g/mol. The van der Waals surface area contributed by atoms with E-state index in [1.165, 1.54) is 0 Å². The van der Waals surface area contributed by atoms with Crippen LogP contribution in [0.3, 0.4) is 0 Å². The number of pyridine rings is 1. The van der Waals surface area contributed by atoms with Crippen LogP contribution in [0.4, 0.5) is 11.6 Å². The van der Waals surface area contributed by atoms with Gasteiger partial charge in [-0.2, -0.15) is 0 Å². The summed E-state index contributed by atoms with van der Waals surface area (Å²) in [4.78, 5) is 7.13. The number of rotatable bonds is 1. The molecule has 0 amide bonds. The minimum Gasteiger partial charge on any atom is -0.364 e. The highest BCUT2D eigenvalue weighted by Gasteiger charge is 2.04. The van der Waals surface area contributed by atoms with Crippen LogP contribution >= 0.6 is 0 Å².